The Morgan fingerprint density at radius 1 is 1.35 bits per heavy atom. The highest BCUT2D eigenvalue weighted by Gasteiger charge is 2.29. The van der Waals surface area contributed by atoms with Crippen LogP contribution >= 0.6 is 0 Å². The number of nitrogens with one attached hydrogen (secondary N) is 1. The van der Waals surface area contributed by atoms with Gasteiger partial charge >= 0.3 is 12.1 Å². The second-order valence-electron chi connectivity index (χ2n) is 4.81. The van der Waals surface area contributed by atoms with Gasteiger partial charge in [0.25, 0.3) is 0 Å². The third kappa shape index (κ3) is 6.11. The normalized spacial score (nSPS) is 14.9. The van der Waals surface area contributed by atoms with Crippen LogP contribution in [0.4, 0.5) is 4.79 Å². The molecule has 0 radical (unpaired) electrons. The van der Waals surface area contributed by atoms with Crippen LogP contribution in [0, 0.1) is 5.92 Å². The van der Waals surface area contributed by atoms with Crippen LogP contribution in [0.2, 0.25) is 0 Å². The quantitative estimate of drug-likeness (QED) is 0.673. The fraction of sp³-hybridized carbons (Fsp3) is 0.818. The van der Waals surface area contributed by atoms with Gasteiger partial charge < -0.3 is 20.3 Å². The maximum Gasteiger partial charge on any atom is 0.408 e. The Morgan fingerprint density at radius 3 is 2.18 bits per heavy atom. The topological polar surface area (TPSA) is 95.9 Å². The first kappa shape index (κ1) is 15.7. The molecule has 3 N–H and O–H groups in total. The van der Waals surface area contributed by atoms with Gasteiger partial charge in [-0.15, -0.1) is 0 Å². The summed E-state index contributed by atoms with van der Waals surface area (Å²) >= 11 is 0. The molecule has 2 atom stereocenters. The van der Waals surface area contributed by atoms with Crippen LogP contribution in [0.5, 0.6) is 0 Å². The van der Waals surface area contributed by atoms with Gasteiger partial charge in [0.2, 0.25) is 0 Å². The third-order valence-corrected chi connectivity index (χ3v) is 2.17. The van der Waals surface area contributed by atoms with Gasteiger partial charge in [-0.1, -0.05) is 6.92 Å². The van der Waals surface area contributed by atoms with Crippen molar-refractivity contribution in [3.63, 3.8) is 0 Å². The summed E-state index contributed by atoms with van der Waals surface area (Å²) in [5.74, 6) is -1.71. The molecule has 0 fully saturated rings. The van der Waals surface area contributed by atoms with Crippen LogP contribution in [-0.4, -0.2) is 40.5 Å². The Kier molecular flexibility index (Phi) is 5.95. The van der Waals surface area contributed by atoms with Crippen molar-refractivity contribution < 1.29 is 24.5 Å². The zero-order valence-electron chi connectivity index (χ0n) is 10.7. The predicted molar refractivity (Wildman–Crippen MR) is 61.7 cm³/mol. The summed E-state index contributed by atoms with van der Waals surface area (Å²) in [6, 6.07) is -1.14. The molecule has 0 spiro atoms. The van der Waals surface area contributed by atoms with Crippen LogP contribution in [0.25, 0.3) is 0 Å². The van der Waals surface area contributed by atoms with Gasteiger partial charge in [-0.3, -0.25) is 0 Å². The van der Waals surface area contributed by atoms with Crippen LogP contribution in [0.3, 0.4) is 0 Å². The molecule has 0 aliphatic carbocycles. The molecule has 0 bridgehead atoms. The number of hydrogen-bond acceptors (Lipinski definition) is 4. The molecule has 0 aromatic carbocycles. The van der Waals surface area contributed by atoms with Gasteiger partial charge in [0.1, 0.15) is 11.6 Å². The number of aliphatic hydroxyl groups excluding tert-OH is 1. The van der Waals surface area contributed by atoms with Crippen molar-refractivity contribution in [1.82, 2.24) is 5.32 Å². The number of aliphatic hydroxyl groups is 1. The Morgan fingerprint density at radius 2 is 1.88 bits per heavy atom. The van der Waals surface area contributed by atoms with Crippen molar-refractivity contribution >= 4 is 12.1 Å². The van der Waals surface area contributed by atoms with Gasteiger partial charge in [-0.05, 0) is 27.2 Å². The van der Waals surface area contributed by atoms with E-state index in [2.05, 4.69) is 5.32 Å². The predicted octanol–water partition coefficient (Wildman–Crippen LogP) is 0.983. The molecular formula is C11H21NO5. The van der Waals surface area contributed by atoms with E-state index in [0.29, 0.717) is 6.42 Å². The SMILES string of the molecule is CCC(CO)[C@H](NC(=O)OC(C)(C)C)C(=O)O. The molecule has 1 amide bonds. The van der Waals surface area contributed by atoms with Crippen molar-refractivity contribution in [3.8, 4) is 0 Å². The number of rotatable bonds is 5. The van der Waals surface area contributed by atoms with Crippen LogP contribution in [-0.2, 0) is 9.53 Å². The van der Waals surface area contributed by atoms with Crippen LogP contribution in [0.1, 0.15) is 34.1 Å². The molecule has 0 aliphatic rings. The standard InChI is InChI=1S/C11H21NO5/c1-5-7(6-13)8(9(14)15)12-10(16)17-11(2,3)4/h7-8,13H,5-6H2,1-4H3,(H,12,16)(H,14,15)/t7?,8-/m0/s1. The number of alkyl carbamates (subject to hydrolysis) is 1. The molecule has 0 aromatic heterocycles. The minimum atomic E-state index is -1.18. The Bertz CT molecular complexity index is 268. The van der Waals surface area contributed by atoms with Gasteiger partial charge in [0, 0.05) is 12.5 Å². The fourth-order valence-electron chi connectivity index (χ4n) is 1.29. The minimum absolute atomic E-state index is 0.302. The highest BCUT2D eigenvalue weighted by atomic mass is 16.6. The Balaban J connectivity index is 4.56. The van der Waals surface area contributed by atoms with Gasteiger partial charge in [-0.2, -0.15) is 0 Å². The maximum absolute atomic E-state index is 11.4. The molecule has 0 rings (SSSR count). The lowest BCUT2D eigenvalue weighted by Crippen LogP contribution is -2.48. The number of carbonyl (C=O) groups is 2. The molecular weight excluding hydrogens is 226 g/mol. The second kappa shape index (κ2) is 6.44. The van der Waals surface area contributed by atoms with E-state index in [1.54, 1.807) is 27.7 Å². The van der Waals surface area contributed by atoms with Crippen LogP contribution < -0.4 is 5.32 Å². The summed E-state index contributed by atoms with van der Waals surface area (Å²) in [6.45, 7) is 6.50. The smallest absolute Gasteiger partial charge is 0.408 e. The van der Waals surface area contributed by atoms with E-state index in [1.807, 2.05) is 0 Å². The summed E-state index contributed by atoms with van der Waals surface area (Å²) in [4.78, 5) is 22.4. The minimum Gasteiger partial charge on any atom is -0.480 e. The van der Waals surface area contributed by atoms with E-state index in [0.717, 1.165) is 0 Å². The van der Waals surface area contributed by atoms with Crippen molar-refractivity contribution in [1.29, 1.82) is 0 Å². The van der Waals surface area contributed by atoms with E-state index in [9.17, 15) is 9.59 Å². The lowest BCUT2D eigenvalue weighted by molar-refractivity contribution is -0.141. The molecule has 6 nitrogen and oxygen atoms in total. The Labute approximate surface area is 101 Å². The number of hydrogen-bond donors (Lipinski definition) is 3. The molecule has 0 saturated carbocycles. The van der Waals surface area contributed by atoms with Crippen molar-refractivity contribution in [2.75, 3.05) is 6.61 Å². The number of carbonyl (C=O) groups excluding carboxylic acids is 1. The van der Waals surface area contributed by atoms with Gasteiger partial charge in [0.05, 0.1) is 0 Å². The first-order chi connectivity index (χ1) is 7.71. The number of carboxylic acids is 1. The monoisotopic (exact) mass is 247 g/mol. The highest BCUT2D eigenvalue weighted by molar-refractivity contribution is 5.80. The summed E-state index contributed by atoms with van der Waals surface area (Å²) in [5.41, 5.74) is -0.686. The third-order valence-electron chi connectivity index (χ3n) is 2.17. The van der Waals surface area contributed by atoms with E-state index in [4.69, 9.17) is 14.9 Å². The summed E-state index contributed by atoms with van der Waals surface area (Å²) in [5, 5.41) is 20.3. The number of amides is 1. The van der Waals surface area contributed by atoms with Crippen LogP contribution in [0.15, 0.2) is 0 Å². The average Bonchev–Trinajstić information content (AvgIpc) is 2.14. The summed E-state index contributed by atoms with van der Waals surface area (Å²) in [6.07, 6.45) is -0.347. The molecule has 1 unspecified atom stereocenters. The fourth-order valence-corrected chi connectivity index (χ4v) is 1.29. The molecule has 0 aromatic rings. The van der Waals surface area contributed by atoms with Crippen molar-refractivity contribution in [3.05, 3.63) is 0 Å². The molecule has 0 aliphatic heterocycles. The lowest BCUT2D eigenvalue weighted by Gasteiger charge is -2.25. The number of aliphatic carboxylic acids is 1. The average molecular weight is 247 g/mol. The highest BCUT2D eigenvalue weighted by Crippen LogP contribution is 2.11. The van der Waals surface area contributed by atoms with E-state index >= 15 is 0 Å². The van der Waals surface area contributed by atoms with Crippen molar-refractivity contribution in [2.45, 2.75) is 45.8 Å². The van der Waals surface area contributed by atoms with E-state index in [-0.39, 0.29) is 6.61 Å². The van der Waals surface area contributed by atoms with E-state index in [1.165, 1.54) is 0 Å². The summed E-state index contributed by atoms with van der Waals surface area (Å²) in [7, 11) is 0. The molecule has 6 heteroatoms. The zero-order valence-corrected chi connectivity index (χ0v) is 10.7. The summed E-state index contributed by atoms with van der Waals surface area (Å²) < 4.78 is 4.96. The second-order valence-corrected chi connectivity index (χ2v) is 4.81. The number of ether oxygens (including phenoxy) is 1. The van der Waals surface area contributed by atoms with Gasteiger partial charge in [-0.25, -0.2) is 9.59 Å². The first-order valence-electron chi connectivity index (χ1n) is 5.54. The molecule has 0 saturated heterocycles. The largest absolute Gasteiger partial charge is 0.480 e. The van der Waals surface area contributed by atoms with Crippen molar-refractivity contribution in [2.24, 2.45) is 5.92 Å². The van der Waals surface area contributed by atoms with Gasteiger partial charge in [0.15, 0.2) is 0 Å². The Hall–Kier alpha value is -1.30. The number of carboxylic acid groups (broad SMARTS) is 1. The zero-order chi connectivity index (χ0) is 13.6. The molecule has 100 valence electrons. The molecule has 0 heterocycles. The maximum atomic E-state index is 11.4. The van der Waals surface area contributed by atoms with E-state index < -0.39 is 29.6 Å². The molecule has 17 heavy (non-hydrogen) atoms. The lowest BCUT2D eigenvalue weighted by atomic mass is 9.98. The first-order valence-corrected chi connectivity index (χ1v) is 5.54.